The molecule has 0 radical (unpaired) electrons. The van der Waals surface area contributed by atoms with Gasteiger partial charge in [-0.3, -0.25) is 28.8 Å². The molecule has 0 saturated carbocycles. The summed E-state index contributed by atoms with van der Waals surface area (Å²) in [4.78, 5) is 70.5. The molecule has 4 saturated heterocycles. The second-order valence-corrected chi connectivity index (χ2v) is 23.2. The van der Waals surface area contributed by atoms with Gasteiger partial charge >= 0.3 is 36.6 Å². The maximum atomic E-state index is 13.0. The number of hydrogen-bond acceptors (Lipinski definition) is 10. The van der Waals surface area contributed by atoms with Crippen LogP contribution in [0.3, 0.4) is 0 Å². The number of nitrogens with zero attached hydrogens (tertiary/aromatic N) is 5. The normalized spacial score (nSPS) is 17.3. The summed E-state index contributed by atoms with van der Waals surface area (Å²) in [6.07, 6.45) is -14.1. The van der Waals surface area contributed by atoms with Gasteiger partial charge in [-0.1, -0.05) is 85.0 Å². The van der Waals surface area contributed by atoms with Crippen LogP contribution in [0.4, 0.5) is 70.2 Å². The predicted octanol–water partition coefficient (Wildman–Crippen LogP) is 14.9. The molecule has 1 N–H and O–H groups in total. The van der Waals surface area contributed by atoms with Crippen molar-refractivity contribution in [1.82, 2.24) is 20.0 Å². The quantitative estimate of drug-likeness (QED) is 0.0469. The van der Waals surface area contributed by atoms with E-state index in [1.165, 1.54) is 34.2 Å². The van der Waals surface area contributed by atoms with Crippen LogP contribution in [0.5, 0.6) is 0 Å². The van der Waals surface area contributed by atoms with E-state index in [2.05, 4.69) is 26.0 Å². The first-order valence-electron chi connectivity index (χ1n) is 28.6. The fourth-order valence-corrected chi connectivity index (χ4v) is 9.81. The van der Waals surface area contributed by atoms with E-state index in [9.17, 15) is 99.0 Å². The predicted molar refractivity (Wildman–Crippen MR) is 329 cm³/mol. The second-order valence-electron chi connectivity index (χ2n) is 21.9. The van der Waals surface area contributed by atoms with Gasteiger partial charge in [0.15, 0.2) is 0 Å². The van der Waals surface area contributed by atoms with Gasteiger partial charge in [-0.05, 0) is 116 Å². The van der Waals surface area contributed by atoms with Gasteiger partial charge < -0.3 is 29.5 Å². The molecule has 32 heteroatoms. The van der Waals surface area contributed by atoms with Crippen LogP contribution in [-0.4, -0.2) is 120 Å². The SMILES string of the molecule is CCOC(=O)CBr.CCOC(=O)CC(C#N)c1cc(C)cc(C(F)(F)F)c1.Cc1cc(C2CC(=O)N(/C=C/C(=O)N3CC(F)(F)C3)C2)cc(C(F)(F)F)c1.Cc1cc(C2CNC(=O)C2)cc(C(F)(F)F)c1.Cc1cc(CC#N)cc(C(F)(F)F)c1.O=C(/C=C\I)N1CC(F)(F)C1. The number of halogens is 18. The van der Waals surface area contributed by atoms with Crippen molar-refractivity contribution in [3.8, 4) is 12.1 Å². The van der Waals surface area contributed by atoms with Gasteiger partial charge in [0, 0.05) is 56.1 Å². The Morgan fingerprint density at radius 2 is 1.05 bits per heavy atom. The van der Waals surface area contributed by atoms with Gasteiger partial charge in [0.2, 0.25) is 23.6 Å². The number of amides is 4. The van der Waals surface area contributed by atoms with Crippen LogP contribution in [-0.2, 0) is 69.4 Å². The first-order valence-corrected chi connectivity index (χ1v) is 31.0. The third kappa shape index (κ3) is 27.8. The zero-order valence-corrected chi connectivity index (χ0v) is 55.7. The van der Waals surface area contributed by atoms with Gasteiger partial charge in [-0.15, -0.1) is 0 Å². The van der Waals surface area contributed by atoms with Crippen molar-refractivity contribution in [1.29, 1.82) is 10.5 Å². The Kier molecular flexibility index (Phi) is 30.9. The summed E-state index contributed by atoms with van der Waals surface area (Å²) in [5.41, 5.74) is 0.538. The Balaban J connectivity index is 0.000000313. The molecule has 4 fully saturated rings. The van der Waals surface area contributed by atoms with Gasteiger partial charge in [0.1, 0.15) is 5.33 Å². The lowest BCUT2D eigenvalue weighted by atomic mass is 9.93. The number of rotatable bonds is 12. The molecule has 4 aliphatic rings. The molecule has 3 unspecified atom stereocenters. The standard InChI is InChI=1S/C18H17F5N2O2.C14H14F3NO2.C12H12F3NO.C10H8F3N.C6H6F2INO.C4H7BrO2/c1-11-4-12(6-14(5-11)18(21,22)23)13-7-16(27)24(8-13)3-2-15(26)25-9-17(19,20)10-25;1-3-20-13(19)7-11(8-18)10-4-9(2)5-12(6-10)14(15,16)17;1-7-2-8(9-5-11(17)16-6-9)4-10(3-7)12(13,14)15;1-7-4-8(2-3-14)6-9(5-7)10(11,12)13;7-6(8)3-10(4-6)5(11)1-2-9;1-2-7-4(6)3-5/h2-6,13H,7-10H2,1H3;4-6,11H,3,7H2,1-2H3;2-4,9H,5-6H2,1H3,(H,16,17);4-6H,2H2,1H3;1-2H,3-4H2;2-3H2,1H3/b3-2+;;;;2-1-;. The number of benzene rings is 4. The van der Waals surface area contributed by atoms with Gasteiger partial charge in [-0.25, -0.2) is 17.6 Å². The number of nitrogens with one attached hydrogen (secondary N) is 1. The minimum absolute atomic E-state index is 0.00472. The third-order valence-electron chi connectivity index (χ3n) is 13.7. The summed E-state index contributed by atoms with van der Waals surface area (Å²) < 4.78 is 213. The molecule has 0 bridgehead atoms. The van der Waals surface area contributed by atoms with Crippen molar-refractivity contribution in [2.45, 2.75) is 122 Å². The van der Waals surface area contributed by atoms with Crippen LogP contribution in [0.15, 0.2) is 95.2 Å². The van der Waals surface area contributed by atoms with Gasteiger partial charge in [0.05, 0.1) is 92.5 Å². The Morgan fingerprint density at radius 1 is 0.625 bits per heavy atom. The average Bonchev–Trinajstić information content (AvgIpc) is 1.38. The van der Waals surface area contributed by atoms with E-state index in [1.54, 1.807) is 52.8 Å². The third-order valence-corrected chi connectivity index (χ3v) is 14.5. The number of carbonyl (C=O) groups excluding carboxylic acids is 6. The van der Waals surface area contributed by atoms with Crippen LogP contribution in [0, 0.1) is 50.4 Å². The first kappa shape index (κ1) is 82.5. The Bertz CT molecular complexity index is 3510. The van der Waals surface area contributed by atoms with Crippen molar-refractivity contribution in [2.24, 2.45) is 0 Å². The van der Waals surface area contributed by atoms with Gasteiger partial charge in [-0.2, -0.15) is 63.2 Å². The molecular formula is C64H64BrF16IN6O8. The highest BCUT2D eigenvalue weighted by Gasteiger charge is 2.47. The topological polar surface area (TPSA) is 190 Å². The molecule has 4 aliphatic heterocycles. The minimum Gasteiger partial charge on any atom is -0.466 e. The van der Waals surface area contributed by atoms with Crippen molar-refractivity contribution in [2.75, 3.05) is 57.8 Å². The smallest absolute Gasteiger partial charge is 0.416 e. The highest BCUT2D eigenvalue weighted by molar-refractivity contribution is 14.1. The lowest BCUT2D eigenvalue weighted by Crippen LogP contribution is -2.58. The highest BCUT2D eigenvalue weighted by atomic mass is 127. The molecule has 0 aromatic heterocycles. The monoisotopic (exact) mass is 1550 g/mol. The van der Waals surface area contributed by atoms with Crippen LogP contribution >= 0.6 is 38.5 Å². The van der Waals surface area contributed by atoms with E-state index in [0.717, 1.165) is 64.4 Å². The summed E-state index contributed by atoms with van der Waals surface area (Å²) >= 11 is 4.81. The number of likely N-dealkylation sites (tertiary alicyclic amines) is 3. The van der Waals surface area contributed by atoms with E-state index in [1.807, 2.05) is 34.7 Å². The Morgan fingerprint density at radius 3 is 1.45 bits per heavy atom. The van der Waals surface area contributed by atoms with E-state index in [0.29, 0.717) is 57.4 Å². The summed E-state index contributed by atoms with van der Waals surface area (Å²) in [5.74, 6) is -9.30. The number of hydrogen-bond donors (Lipinski definition) is 1. The number of aryl methyl sites for hydroxylation is 4. The fourth-order valence-electron chi connectivity index (χ4n) is 9.34. The largest absolute Gasteiger partial charge is 0.466 e. The molecule has 4 heterocycles. The van der Waals surface area contributed by atoms with Crippen LogP contribution < -0.4 is 5.32 Å². The number of alkyl halides is 17. The zero-order valence-electron chi connectivity index (χ0n) is 52.0. The molecule has 8 rings (SSSR count). The van der Waals surface area contributed by atoms with E-state index >= 15 is 0 Å². The minimum atomic E-state index is -4.48. The second kappa shape index (κ2) is 36.0. The van der Waals surface area contributed by atoms with Crippen molar-refractivity contribution < 1.29 is 108 Å². The number of ether oxygens (including phenoxy) is 2. The molecule has 4 aromatic rings. The van der Waals surface area contributed by atoms with Crippen LogP contribution in [0.2, 0.25) is 0 Å². The zero-order chi connectivity index (χ0) is 72.9. The van der Waals surface area contributed by atoms with Crippen LogP contribution in [0.1, 0.15) is 118 Å². The molecular weight excluding hydrogens is 1490 g/mol. The number of nitriles is 2. The lowest BCUT2D eigenvalue weighted by molar-refractivity contribution is -0.161. The van der Waals surface area contributed by atoms with Crippen molar-refractivity contribution in [3.05, 3.63) is 162 Å². The van der Waals surface area contributed by atoms with E-state index in [4.69, 9.17) is 15.3 Å². The molecule has 14 nitrogen and oxygen atoms in total. The lowest BCUT2D eigenvalue weighted by Gasteiger charge is -2.38. The molecule has 4 amide bonds. The maximum Gasteiger partial charge on any atom is 0.416 e. The van der Waals surface area contributed by atoms with Gasteiger partial charge in [0.25, 0.3) is 11.8 Å². The molecule has 3 atom stereocenters. The van der Waals surface area contributed by atoms with Crippen molar-refractivity contribution in [3.63, 3.8) is 0 Å². The summed E-state index contributed by atoms with van der Waals surface area (Å²) in [6, 6.07) is 18.4. The molecule has 4 aromatic carbocycles. The molecule has 96 heavy (non-hydrogen) atoms. The molecule has 0 spiro atoms. The highest BCUT2D eigenvalue weighted by Crippen LogP contribution is 2.38. The first-order chi connectivity index (χ1) is 44.4. The molecule has 524 valence electrons. The number of carbonyl (C=O) groups is 6. The summed E-state index contributed by atoms with van der Waals surface area (Å²) in [7, 11) is 0. The van der Waals surface area contributed by atoms with E-state index < -0.39 is 109 Å². The number of esters is 2. The van der Waals surface area contributed by atoms with Crippen LogP contribution in [0.25, 0.3) is 0 Å². The maximum absolute atomic E-state index is 13.0. The van der Waals surface area contributed by atoms with Crippen molar-refractivity contribution >= 4 is 74.1 Å². The fraction of sp³-hybridized carbons (Fsp3) is 0.438. The summed E-state index contributed by atoms with van der Waals surface area (Å²) in [5, 5.41) is 20.3. The Labute approximate surface area is 563 Å². The average molecular weight is 1560 g/mol. The summed E-state index contributed by atoms with van der Waals surface area (Å²) in [6.45, 7) is 8.65. The van der Waals surface area contributed by atoms with E-state index in [-0.39, 0.29) is 74.0 Å². The Hall–Kier alpha value is -7.75. The molecule has 0 aliphatic carbocycles.